The van der Waals surface area contributed by atoms with E-state index in [2.05, 4.69) is 16.3 Å². The maximum absolute atomic E-state index is 12.9. The second-order valence-corrected chi connectivity index (χ2v) is 6.87. The molecule has 0 saturated carbocycles. The third kappa shape index (κ3) is 5.30. The summed E-state index contributed by atoms with van der Waals surface area (Å²) in [5.74, 6) is 0.542. The van der Waals surface area contributed by atoms with Crippen molar-refractivity contribution >= 4 is 5.91 Å². The predicted molar refractivity (Wildman–Crippen MR) is 99.6 cm³/mol. The summed E-state index contributed by atoms with van der Waals surface area (Å²) in [5.41, 5.74) is 2.19. The number of amides is 1. The van der Waals surface area contributed by atoms with Crippen LogP contribution in [0.4, 0.5) is 4.39 Å². The first-order chi connectivity index (χ1) is 12.6. The first-order valence-electron chi connectivity index (χ1n) is 9.12. The maximum Gasteiger partial charge on any atom is 0.234 e. The molecule has 1 heterocycles. The Morgan fingerprint density at radius 3 is 2.58 bits per heavy atom. The number of hydrogen-bond donors (Lipinski definition) is 2. The third-order valence-electron chi connectivity index (χ3n) is 4.95. The Bertz CT molecular complexity index is 725. The van der Waals surface area contributed by atoms with Crippen molar-refractivity contribution in [3.63, 3.8) is 0 Å². The van der Waals surface area contributed by atoms with Gasteiger partial charge in [-0.2, -0.15) is 0 Å². The average molecular weight is 356 g/mol. The zero-order chi connectivity index (χ0) is 18.4. The number of likely N-dealkylation sites (tertiary alicyclic amines) is 1. The number of rotatable bonds is 6. The van der Waals surface area contributed by atoms with Gasteiger partial charge in [0.05, 0.1) is 6.54 Å². The lowest BCUT2D eigenvalue weighted by atomic mass is 9.89. The quantitative estimate of drug-likeness (QED) is 0.836. The first kappa shape index (κ1) is 18.4. The van der Waals surface area contributed by atoms with Crippen molar-refractivity contribution in [3.8, 4) is 5.75 Å². The molecule has 2 aromatic rings. The molecule has 0 atom stereocenters. The van der Waals surface area contributed by atoms with Crippen LogP contribution in [0, 0.1) is 5.82 Å². The molecular formula is C21H25FN2O2. The van der Waals surface area contributed by atoms with E-state index in [4.69, 9.17) is 0 Å². The number of halogens is 1. The van der Waals surface area contributed by atoms with Gasteiger partial charge in [0, 0.05) is 6.54 Å². The highest BCUT2D eigenvalue weighted by molar-refractivity contribution is 5.78. The van der Waals surface area contributed by atoms with Crippen LogP contribution in [-0.2, 0) is 11.2 Å². The topological polar surface area (TPSA) is 52.6 Å². The van der Waals surface area contributed by atoms with Crippen molar-refractivity contribution in [2.75, 3.05) is 26.2 Å². The van der Waals surface area contributed by atoms with E-state index in [9.17, 15) is 14.3 Å². The lowest BCUT2D eigenvalue weighted by Gasteiger charge is -2.31. The van der Waals surface area contributed by atoms with Gasteiger partial charge in [0.15, 0.2) is 0 Å². The molecular weight excluding hydrogens is 331 g/mol. The summed E-state index contributed by atoms with van der Waals surface area (Å²) in [6.07, 6.45) is 2.68. The van der Waals surface area contributed by atoms with Crippen molar-refractivity contribution < 1.29 is 14.3 Å². The van der Waals surface area contributed by atoms with Crippen LogP contribution in [0.25, 0.3) is 0 Å². The molecule has 1 amide bonds. The molecule has 4 nitrogen and oxygen atoms in total. The molecule has 0 bridgehead atoms. The number of nitrogens with one attached hydrogen (secondary N) is 1. The predicted octanol–water partition coefficient (Wildman–Crippen LogP) is 3.07. The minimum atomic E-state index is -0.244. The van der Waals surface area contributed by atoms with Crippen LogP contribution >= 0.6 is 0 Å². The molecule has 138 valence electrons. The van der Waals surface area contributed by atoms with Crippen molar-refractivity contribution in [3.05, 3.63) is 65.5 Å². The van der Waals surface area contributed by atoms with Gasteiger partial charge in [-0.1, -0.05) is 24.3 Å². The van der Waals surface area contributed by atoms with E-state index < -0.39 is 0 Å². The Labute approximate surface area is 153 Å². The Hall–Kier alpha value is -2.40. The summed E-state index contributed by atoms with van der Waals surface area (Å²) in [4.78, 5) is 14.3. The van der Waals surface area contributed by atoms with Gasteiger partial charge in [-0.25, -0.2) is 4.39 Å². The fourth-order valence-electron chi connectivity index (χ4n) is 3.46. The third-order valence-corrected chi connectivity index (χ3v) is 4.95. The molecule has 5 heteroatoms. The maximum atomic E-state index is 12.9. The van der Waals surface area contributed by atoms with Crippen molar-refractivity contribution in [2.24, 2.45) is 0 Å². The number of hydrogen-bond acceptors (Lipinski definition) is 3. The molecule has 26 heavy (non-hydrogen) atoms. The van der Waals surface area contributed by atoms with Gasteiger partial charge in [0.1, 0.15) is 11.6 Å². The number of phenols is 1. The smallest absolute Gasteiger partial charge is 0.234 e. The van der Waals surface area contributed by atoms with Crippen LogP contribution in [0.5, 0.6) is 5.75 Å². The second kappa shape index (κ2) is 8.81. The highest BCUT2D eigenvalue weighted by Crippen LogP contribution is 2.29. The summed E-state index contributed by atoms with van der Waals surface area (Å²) >= 11 is 0. The zero-order valence-electron chi connectivity index (χ0n) is 14.8. The minimum Gasteiger partial charge on any atom is -0.508 e. The van der Waals surface area contributed by atoms with Crippen LogP contribution < -0.4 is 5.32 Å². The molecule has 1 aliphatic rings. The Morgan fingerprint density at radius 1 is 1.15 bits per heavy atom. The van der Waals surface area contributed by atoms with Gasteiger partial charge in [-0.15, -0.1) is 0 Å². The summed E-state index contributed by atoms with van der Waals surface area (Å²) in [5, 5.41) is 12.5. The van der Waals surface area contributed by atoms with Crippen LogP contribution in [0.1, 0.15) is 29.9 Å². The van der Waals surface area contributed by atoms with Gasteiger partial charge in [-0.3, -0.25) is 9.69 Å². The van der Waals surface area contributed by atoms with E-state index >= 15 is 0 Å². The van der Waals surface area contributed by atoms with Crippen LogP contribution in [0.2, 0.25) is 0 Å². The highest BCUT2D eigenvalue weighted by atomic mass is 19.1. The van der Waals surface area contributed by atoms with E-state index in [0.717, 1.165) is 31.5 Å². The number of aromatic hydroxyl groups is 1. The lowest BCUT2D eigenvalue weighted by Crippen LogP contribution is -2.41. The molecule has 1 aliphatic heterocycles. The SMILES string of the molecule is O=C(CN1CCC(c2cccc(O)c2)CC1)NCCc1ccc(F)cc1. The number of benzene rings is 2. The lowest BCUT2D eigenvalue weighted by molar-refractivity contribution is -0.122. The van der Waals surface area contributed by atoms with Crippen LogP contribution in [-0.4, -0.2) is 42.1 Å². The summed E-state index contributed by atoms with van der Waals surface area (Å²) in [7, 11) is 0. The second-order valence-electron chi connectivity index (χ2n) is 6.87. The molecule has 0 aromatic heterocycles. The summed E-state index contributed by atoms with van der Waals surface area (Å²) in [6.45, 7) is 2.73. The van der Waals surface area contributed by atoms with Gasteiger partial charge >= 0.3 is 0 Å². The zero-order valence-corrected chi connectivity index (χ0v) is 14.8. The van der Waals surface area contributed by atoms with E-state index in [1.54, 1.807) is 18.2 Å². The molecule has 0 radical (unpaired) electrons. The largest absolute Gasteiger partial charge is 0.508 e. The van der Waals surface area contributed by atoms with Crippen molar-refractivity contribution in [1.29, 1.82) is 0 Å². The molecule has 2 N–H and O–H groups in total. The van der Waals surface area contributed by atoms with Gasteiger partial charge < -0.3 is 10.4 Å². The van der Waals surface area contributed by atoms with E-state index in [0.29, 0.717) is 31.2 Å². The molecule has 0 unspecified atom stereocenters. The number of phenolic OH excluding ortho intramolecular Hbond substituents is 1. The van der Waals surface area contributed by atoms with Gasteiger partial charge in [-0.05, 0) is 73.7 Å². The molecule has 2 aromatic carbocycles. The van der Waals surface area contributed by atoms with Crippen LogP contribution in [0.15, 0.2) is 48.5 Å². The first-order valence-corrected chi connectivity index (χ1v) is 9.12. The average Bonchev–Trinajstić information content (AvgIpc) is 2.64. The standard InChI is InChI=1S/C21H25FN2O2/c22-19-6-4-16(5-7-19)8-11-23-21(26)15-24-12-9-17(10-13-24)18-2-1-3-20(25)14-18/h1-7,14,17,25H,8-13,15H2,(H,23,26). The Kier molecular flexibility index (Phi) is 6.23. The monoisotopic (exact) mass is 356 g/mol. The summed E-state index contributed by atoms with van der Waals surface area (Å²) in [6, 6.07) is 13.8. The van der Waals surface area contributed by atoms with Gasteiger partial charge in [0.25, 0.3) is 0 Å². The highest BCUT2D eigenvalue weighted by Gasteiger charge is 2.22. The van der Waals surface area contributed by atoms with Crippen molar-refractivity contribution in [2.45, 2.75) is 25.2 Å². The minimum absolute atomic E-state index is 0.0305. The van der Waals surface area contributed by atoms with E-state index in [1.807, 2.05) is 12.1 Å². The molecule has 1 fully saturated rings. The van der Waals surface area contributed by atoms with E-state index in [-0.39, 0.29) is 11.7 Å². The Balaban J connectivity index is 1.37. The molecule has 3 rings (SSSR count). The number of carbonyl (C=O) groups excluding carboxylic acids is 1. The normalized spacial score (nSPS) is 15.7. The van der Waals surface area contributed by atoms with E-state index in [1.165, 1.54) is 17.7 Å². The molecule has 0 spiro atoms. The van der Waals surface area contributed by atoms with Gasteiger partial charge in [0.2, 0.25) is 5.91 Å². The number of piperidine rings is 1. The number of nitrogens with zero attached hydrogens (tertiary/aromatic N) is 1. The fraction of sp³-hybridized carbons (Fsp3) is 0.381. The van der Waals surface area contributed by atoms with Crippen LogP contribution in [0.3, 0.4) is 0 Å². The fourth-order valence-corrected chi connectivity index (χ4v) is 3.46. The van der Waals surface area contributed by atoms with Crippen molar-refractivity contribution in [1.82, 2.24) is 10.2 Å². The number of carbonyl (C=O) groups is 1. The molecule has 1 saturated heterocycles. The summed E-state index contributed by atoms with van der Waals surface area (Å²) < 4.78 is 12.9. The molecule has 0 aliphatic carbocycles. The Morgan fingerprint density at radius 2 is 1.88 bits per heavy atom.